The maximum Gasteiger partial charge on any atom is 0.340 e. The summed E-state index contributed by atoms with van der Waals surface area (Å²) in [5, 5.41) is 10.9. The number of hydrogen-bond acceptors (Lipinski definition) is 5. The number of carbonyl (C=O) groups excluding carboxylic acids is 1. The number of nitrogens with one attached hydrogen (secondary N) is 1. The van der Waals surface area contributed by atoms with Gasteiger partial charge in [0.2, 0.25) is 0 Å². The fourth-order valence-corrected chi connectivity index (χ4v) is 2.60. The highest BCUT2D eigenvalue weighted by Gasteiger charge is 2.25. The average molecular weight is 294 g/mol. The van der Waals surface area contributed by atoms with Crippen LogP contribution in [0.5, 0.6) is 0 Å². The fraction of sp³-hybridized carbons (Fsp3) is 0.500. The third-order valence-electron chi connectivity index (χ3n) is 3.91. The highest BCUT2D eigenvalue weighted by molar-refractivity contribution is 5.96. The smallest absolute Gasteiger partial charge is 0.340 e. The molecule has 1 aliphatic heterocycles. The van der Waals surface area contributed by atoms with Crippen LogP contribution in [0.2, 0.25) is 0 Å². The molecule has 0 saturated carbocycles. The first-order valence-electron chi connectivity index (χ1n) is 7.02. The Morgan fingerprint density at radius 2 is 2.10 bits per heavy atom. The van der Waals surface area contributed by atoms with Crippen LogP contribution in [-0.2, 0) is 4.74 Å². The maximum absolute atomic E-state index is 11.9. The van der Waals surface area contributed by atoms with Crippen LogP contribution in [0, 0.1) is 10.1 Å². The fourth-order valence-electron chi connectivity index (χ4n) is 2.60. The van der Waals surface area contributed by atoms with Gasteiger partial charge in [0.05, 0.1) is 56.0 Å². The lowest BCUT2D eigenvalue weighted by atomic mass is 10.1. The number of methoxy groups -OCH3 is 1. The van der Waals surface area contributed by atoms with Crippen molar-refractivity contribution in [3.8, 4) is 0 Å². The lowest BCUT2D eigenvalue weighted by Crippen LogP contribution is -3.14. The van der Waals surface area contributed by atoms with Crippen LogP contribution in [0.15, 0.2) is 18.2 Å². The Hall–Kier alpha value is -2.15. The van der Waals surface area contributed by atoms with Gasteiger partial charge in [0.25, 0.3) is 5.69 Å². The summed E-state index contributed by atoms with van der Waals surface area (Å²) in [6.07, 6.45) is 0. The van der Waals surface area contributed by atoms with Crippen molar-refractivity contribution in [2.75, 3.05) is 44.7 Å². The summed E-state index contributed by atoms with van der Waals surface area (Å²) in [6.45, 7) is 6.87. The molecule has 0 aliphatic carbocycles. The molecule has 2 rings (SSSR count). The van der Waals surface area contributed by atoms with Gasteiger partial charge in [0, 0.05) is 12.1 Å². The van der Waals surface area contributed by atoms with Crippen LogP contribution < -0.4 is 9.80 Å². The van der Waals surface area contributed by atoms with Crippen molar-refractivity contribution in [3.63, 3.8) is 0 Å². The molecule has 1 aromatic rings. The number of likely N-dealkylation sites (N-methyl/N-ethyl adjacent to an activating group) is 1. The standard InChI is InChI=1S/C14H19N3O4/c1-3-15-6-8-16(9-7-15)13-5-4-11(17(19)20)10-12(13)14(18)21-2/h4-5,10H,3,6-9H2,1-2H3/p+1. The van der Waals surface area contributed by atoms with Gasteiger partial charge in [0.1, 0.15) is 0 Å². The molecule has 1 aromatic carbocycles. The van der Waals surface area contributed by atoms with Crippen molar-refractivity contribution in [3.05, 3.63) is 33.9 Å². The normalized spacial score (nSPS) is 15.8. The molecule has 7 nitrogen and oxygen atoms in total. The van der Waals surface area contributed by atoms with E-state index in [1.165, 1.54) is 24.1 Å². The first-order valence-corrected chi connectivity index (χ1v) is 7.02. The molecule has 0 aromatic heterocycles. The number of non-ortho nitro benzene ring substituents is 1. The SMILES string of the molecule is CC[NH+]1CCN(c2ccc([N+](=O)[O-])cc2C(=O)OC)CC1. The minimum absolute atomic E-state index is 0.100. The van der Waals surface area contributed by atoms with E-state index in [9.17, 15) is 14.9 Å². The molecule has 21 heavy (non-hydrogen) atoms. The molecule has 0 unspecified atom stereocenters. The minimum atomic E-state index is -0.543. The van der Waals surface area contributed by atoms with Crippen molar-refractivity contribution < 1.29 is 19.4 Å². The largest absolute Gasteiger partial charge is 0.465 e. The minimum Gasteiger partial charge on any atom is -0.465 e. The van der Waals surface area contributed by atoms with Crippen molar-refractivity contribution in [1.82, 2.24) is 0 Å². The Labute approximate surface area is 123 Å². The monoisotopic (exact) mass is 294 g/mol. The third kappa shape index (κ3) is 3.30. The van der Waals surface area contributed by atoms with E-state index in [4.69, 9.17) is 4.74 Å². The molecule has 0 spiro atoms. The predicted octanol–water partition coefficient (Wildman–Crippen LogP) is 0.106. The first-order chi connectivity index (χ1) is 10.1. The Balaban J connectivity index is 2.30. The quantitative estimate of drug-likeness (QED) is 0.484. The molecule has 1 N–H and O–H groups in total. The number of rotatable bonds is 4. The summed E-state index contributed by atoms with van der Waals surface area (Å²) in [6, 6.07) is 4.36. The summed E-state index contributed by atoms with van der Waals surface area (Å²) in [4.78, 5) is 25.9. The number of esters is 1. The molecular weight excluding hydrogens is 274 g/mol. The number of carbonyl (C=O) groups is 1. The Morgan fingerprint density at radius 3 is 2.62 bits per heavy atom. The van der Waals surface area contributed by atoms with Gasteiger partial charge in [-0.3, -0.25) is 10.1 Å². The summed E-state index contributed by atoms with van der Waals surface area (Å²) in [5.74, 6) is -0.543. The molecule has 114 valence electrons. The van der Waals surface area contributed by atoms with Gasteiger partial charge in [-0.05, 0) is 13.0 Å². The van der Waals surface area contributed by atoms with Gasteiger partial charge in [-0.1, -0.05) is 0 Å². The van der Waals surface area contributed by atoms with Crippen molar-refractivity contribution in [2.24, 2.45) is 0 Å². The van der Waals surface area contributed by atoms with E-state index in [0.29, 0.717) is 5.69 Å². The van der Waals surface area contributed by atoms with E-state index < -0.39 is 10.9 Å². The van der Waals surface area contributed by atoms with E-state index in [1.807, 2.05) is 0 Å². The molecule has 1 saturated heterocycles. The van der Waals surface area contributed by atoms with Crippen molar-refractivity contribution >= 4 is 17.3 Å². The Bertz CT molecular complexity index is 539. The van der Waals surface area contributed by atoms with Crippen LogP contribution >= 0.6 is 0 Å². The molecule has 0 amide bonds. The van der Waals surface area contributed by atoms with Crippen LogP contribution in [0.4, 0.5) is 11.4 Å². The average Bonchev–Trinajstić information content (AvgIpc) is 2.53. The Kier molecular flexibility index (Phi) is 4.74. The first kappa shape index (κ1) is 15.2. The number of ether oxygens (including phenoxy) is 1. The lowest BCUT2D eigenvalue weighted by Gasteiger charge is -2.33. The highest BCUT2D eigenvalue weighted by Crippen LogP contribution is 2.26. The maximum atomic E-state index is 11.9. The summed E-state index contributed by atoms with van der Waals surface area (Å²) >= 11 is 0. The van der Waals surface area contributed by atoms with Gasteiger partial charge in [-0.15, -0.1) is 0 Å². The molecule has 0 bridgehead atoms. The summed E-state index contributed by atoms with van der Waals surface area (Å²) < 4.78 is 4.75. The molecule has 0 atom stereocenters. The highest BCUT2D eigenvalue weighted by atomic mass is 16.6. The summed E-state index contributed by atoms with van der Waals surface area (Å²) in [7, 11) is 1.28. The van der Waals surface area contributed by atoms with Crippen molar-refractivity contribution in [1.29, 1.82) is 0 Å². The van der Waals surface area contributed by atoms with Crippen molar-refractivity contribution in [2.45, 2.75) is 6.92 Å². The van der Waals surface area contributed by atoms with E-state index in [0.717, 1.165) is 32.7 Å². The molecular formula is C14H20N3O4+. The molecule has 1 heterocycles. The van der Waals surface area contributed by atoms with Crippen LogP contribution in [0.1, 0.15) is 17.3 Å². The number of hydrogen-bond donors (Lipinski definition) is 1. The molecule has 1 aliphatic rings. The zero-order valence-electron chi connectivity index (χ0n) is 12.3. The zero-order valence-corrected chi connectivity index (χ0v) is 12.3. The zero-order chi connectivity index (χ0) is 15.4. The van der Waals surface area contributed by atoms with E-state index >= 15 is 0 Å². The second-order valence-electron chi connectivity index (χ2n) is 5.04. The topological polar surface area (TPSA) is 77.1 Å². The molecule has 0 radical (unpaired) electrons. The van der Waals surface area contributed by atoms with Crippen LogP contribution in [0.25, 0.3) is 0 Å². The number of anilines is 1. The van der Waals surface area contributed by atoms with Gasteiger partial charge >= 0.3 is 5.97 Å². The number of piperazine rings is 1. The van der Waals surface area contributed by atoms with Gasteiger partial charge in [0.15, 0.2) is 0 Å². The lowest BCUT2D eigenvalue weighted by molar-refractivity contribution is -0.898. The van der Waals surface area contributed by atoms with Crippen LogP contribution in [0.3, 0.4) is 0 Å². The molecule has 7 heteroatoms. The Morgan fingerprint density at radius 1 is 1.43 bits per heavy atom. The van der Waals surface area contributed by atoms with E-state index in [1.54, 1.807) is 6.07 Å². The van der Waals surface area contributed by atoms with Crippen LogP contribution in [-0.4, -0.2) is 50.7 Å². The number of quaternary nitrogens is 1. The van der Waals surface area contributed by atoms with E-state index in [-0.39, 0.29) is 11.3 Å². The number of nitrogens with zero attached hydrogens (tertiary/aromatic N) is 2. The number of nitro benzene ring substituents is 1. The third-order valence-corrected chi connectivity index (χ3v) is 3.91. The van der Waals surface area contributed by atoms with Gasteiger partial charge in [-0.2, -0.15) is 0 Å². The number of benzene rings is 1. The second kappa shape index (κ2) is 6.53. The molecule has 1 fully saturated rings. The number of nitro groups is 1. The predicted molar refractivity (Wildman–Crippen MR) is 77.9 cm³/mol. The van der Waals surface area contributed by atoms with Gasteiger partial charge in [-0.25, -0.2) is 4.79 Å². The van der Waals surface area contributed by atoms with E-state index in [2.05, 4.69) is 11.8 Å². The second-order valence-corrected chi connectivity index (χ2v) is 5.04. The van der Waals surface area contributed by atoms with Gasteiger partial charge < -0.3 is 14.5 Å². The summed E-state index contributed by atoms with van der Waals surface area (Å²) in [5.41, 5.74) is 0.867.